The zero-order chi connectivity index (χ0) is 18.1. The Balaban J connectivity index is 1.58. The standard InChI is InChI=1S/C24H23NS/c1-16(2)14-18-8-10-19(11-9-18)17(3)20-12-13-24-22(15-20)25-21-6-4-5-7-23(21)26-24/h4-13,15-16,25H,3,14H2,1-2H3. The fraction of sp³-hybridized carbons (Fsp3) is 0.167. The van der Waals surface area contributed by atoms with E-state index in [0.717, 1.165) is 23.2 Å². The molecule has 130 valence electrons. The van der Waals surface area contributed by atoms with Gasteiger partial charge in [-0.1, -0.05) is 74.7 Å². The Hall–Kier alpha value is -2.45. The number of hydrogen-bond acceptors (Lipinski definition) is 2. The summed E-state index contributed by atoms with van der Waals surface area (Å²) in [5.41, 5.74) is 7.12. The van der Waals surface area contributed by atoms with E-state index in [4.69, 9.17) is 0 Å². The lowest BCUT2D eigenvalue weighted by molar-refractivity contribution is 0.647. The van der Waals surface area contributed by atoms with Crippen molar-refractivity contribution in [1.82, 2.24) is 0 Å². The summed E-state index contributed by atoms with van der Waals surface area (Å²) in [4.78, 5) is 2.53. The molecule has 2 heteroatoms. The van der Waals surface area contributed by atoms with Crippen LogP contribution in [-0.2, 0) is 6.42 Å². The van der Waals surface area contributed by atoms with Gasteiger partial charge < -0.3 is 5.32 Å². The normalized spacial score (nSPS) is 12.3. The minimum absolute atomic E-state index is 0.677. The molecule has 0 aromatic heterocycles. The fourth-order valence-corrected chi connectivity index (χ4v) is 4.28. The van der Waals surface area contributed by atoms with Gasteiger partial charge in [-0.25, -0.2) is 0 Å². The molecule has 1 aliphatic rings. The fourth-order valence-electron chi connectivity index (χ4n) is 3.31. The van der Waals surface area contributed by atoms with E-state index in [1.165, 1.54) is 26.6 Å². The van der Waals surface area contributed by atoms with Crippen molar-refractivity contribution in [3.05, 3.63) is 90.0 Å². The molecule has 0 amide bonds. The molecule has 1 aliphatic heterocycles. The van der Waals surface area contributed by atoms with E-state index in [1.807, 2.05) is 11.8 Å². The molecule has 0 fully saturated rings. The number of rotatable bonds is 4. The van der Waals surface area contributed by atoms with Crippen LogP contribution in [0.3, 0.4) is 0 Å². The SMILES string of the molecule is C=C(c1ccc(CC(C)C)cc1)c1ccc2c(c1)Nc1ccccc1S2. The summed E-state index contributed by atoms with van der Waals surface area (Å²) in [6.07, 6.45) is 1.12. The zero-order valence-electron chi connectivity index (χ0n) is 15.3. The first-order valence-electron chi connectivity index (χ1n) is 9.07. The number of benzene rings is 3. The Morgan fingerprint density at radius 3 is 2.35 bits per heavy atom. The van der Waals surface area contributed by atoms with Crippen LogP contribution in [-0.4, -0.2) is 0 Å². The summed E-state index contributed by atoms with van der Waals surface area (Å²) in [7, 11) is 0. The first-order chi connectivity index (χ1) is 12.6. The summed E-state index contributed by atoms with van der Waals surface area (Å²) in [5.74, 6) is 0.677. The Bertz CT molecular complexity index is 954. The molecular weight excluding hydrogens is 334 g/mol. The smallest absolute Gasteiger partial charge is 0.0532 e. The Morgan fingerprint density at radius 2 is 1.58 bits per heavy atom. The minimum Gasteiger partial charge on any atom is -0.354 e. The second kappa shape index (κ2) is 7.05. The molecule has 0 aliphatic carbocycles. The summed E-state index contributed by atoms with van der Waals surface area (Å²) in [6.45, 7) is 8.85. The van der Waals surface area contributed by atoms with Crippen molar-refractivity contribution in [3.8, 4) is 0 Å². The highest BCUT2D eigenvalue weighted by molar-refractivity contribution is 7.99. The first kappa shape index (κ1) is 17.0. The Morgan fingerprint density at radius 1 is 0.885 bits per heavy atom. The van der Waals surface area contributed by atoms with Crippen molar-refractivity contribution in [2.45, 2.75) is 30.1 Å². The topological polar surface area (TPSA) is 12.0 Å². The third-order valence-electron chi connectivity index (χ3n) is 4.65. The molecule has 3 aromatic rings. The van der Waals surface area contributed by atoms with E-state index in [9.17, 15) is 0 Å². The van der Waals surface area contributed by atoms with Gasteiger partial charge in [-0.3, -0.25) is 0 Å². The largest absolute Gasteiger partial charge is 0.354 e. The number of fused-ring (bicyclic) bond motifs is 2. The van der Waals surface area contributed by atoms with Crippen LogP contribution in [0, 0.1) is 5.92 Å². The van der Waals surface area contributed by atoms with E-state index in [0.29, 0.717) is 5.92 Å². The van der Waals surface area contributed by atoms with Crippen LogP contribution in [0.5, 0.6) is 0 Å². The number of nitrogens with one attached hydrogen (secondary N) is 1. The van der Waals surface area contributed by atoms with Gasteiger partial charge in [-0.05, 0) is 58.9 Å². The molecule has 1 N–H and O–H groups in total. The van der Waals surface area contributed by atoms with E-state index in [1.54, 1.807) is 0 Å². The number of hydrogen-bond donors (Lipinski definition) is 1. The average molecular weight is 358 g/mol. The lowest BCUT2D eigenvalue weighted by Crippen LogP contribution is -2.00. The molecule has 1 nitrogen and oxygen atoms in total. The molecule has 0 radical (unpaired) electrons. The van der Waals surface area contributed by atoms with Gasteiger partial charge in [0.15, 0.2) is 0 Å². The molecule has 0 spiro atoms. The van der Waals surface area contributed by atoms with Gasteiger partial charge in [0.2, 0.25) is 0 Å². The lowest BCUT2D eigenvalue weighted by atomic mass is 9.96. The summed E-state index contributed by atoms with van der Waals surface area (Å²) < 4.78 is 0. The van der Waals surface area contributed by atoms with Gasteiger partial charge in [0.1, 0.15) is 0 Å². The van der Waals surface area contributed by atoms with Crippen molar-refractivity contribution >= 4 is 28.7 Å². The first-order valence-corrected chi connectivity index (χ1v) is 9.88. The molecule has 0 saturated carbocycles. The molecule has 4 rings (SSSR count). The van der Waals surface area contributed by atoms with Crippen LogP contribution in [0.15, 0.2) is 83.1 Å². The third kappa shape index (κ3) is 3.42. The molecule has 3 aromatic carbocycles. The predicted molar refractivity (Wildman–Crippen MR) is 113 cm³/mol. The molecule has 0 unspecified atom stereocenters. The monoisotopic (exact) mass is 357 g/mol. The molecule has 0 bridgehead atoms. The second-order valence-corrected chi connectivity index (χ2v) is 8.29. The second-order valence-electron chi connectivity index (χ2n) is 7.21. The summed E-state index contributed by atoms with van der Waals surface area (Å²) >= 11 is 1.81. The van der Waals surface area contributed by atoms with Crippen molar-refractivity contribution in [1.29, 1.82) is 0 Å². The highest BCUT2D eigenvalue weighted by atomic mass is 32.2. The van der Waals surface area contributed by atoms with Gasteiger partial charge in [0.25, 0.3) is 0 Å². The lowest BCUT2D eigenvalue weighted by Gasteiger charge is -2.21. The Labute approximate surface area is 160 Å². The average Bonchev–Trinajstić information content (AvgIpc) is 2.65. The summed E-state index contributed by atoms with van der Waals surface area (Å²) in [6, 6.07) is 23.8. The van der Waals surface area contributed by atoms with E-state index < -0.39 is 0 Å². The van der Waals surface area contributed by atoms with Crippen LogP contribution in [0.1, 0.15) is 30.5 Å². The maximum atomic E-state index is 4.34. The van der Waals surface area contributed by atoms with E-state index >= 15 is 0 Å². The number of para-hydroxylation sites is 1. The molecule has 26 heavy (non-hydrogen) atoms. The van der Waals surface area contributed by atoms with Crippen molar-refractivity contribution in [3.63, 3.8) is 0 Å². The van der Waals surface area contributed by atoms with Crippen LogP contribution in [0.4, 0.5) is 11.4 Å². The van der Waals surface area contributed by atoms with Gasteiger partial charge in [0, 0.05) is 9.79 Å². The Kier molecular flexibility index (Phi) is 4.60. The van der Waals surface area contributed by atoms with Crippen LogP contribution >= 0.6 is 11.8 Å². The highest BCUT2D eigenvalue weighted by Gasteiger charge is 2.16. The van der Waals surface area contributed by atoms with E-state index in [-0.39, 0.29) is 0 Å². The van der Waals surface area contributed by atoms with Crippen molar-refractivity contribution in [2.24, 2.45) is 5.92 Å². The van der Waals surface area contributed by atoms with Crippen LogP contribution in [0.25, 0.3) is 5.57 Å². The van der Waals surface area contributed by atoms with E-state index in [2.05, 4.69) is 92.5 Å². The maximum Gasteiger partial charge on any atom is 0.0532 e. The van der Waals surface area contributed by atoms with Gasteiger partial charge in [-0.15, -0.1) is 0 Å². The van der Waals surface area contributed by atoms with Crippen LogP contribution in [0.2, 0.25) is 0 Å². The van der Waals surface area contributed by atoms with Crippen molar-refractivity contribution < 1.29 is 0 Å². The molecule has 0 saturated heterocycles. The van der Waals surface area contributed by atoms with Gasteiger partial charge in [0.05, 0.1) is 11.4 Å². The molecule has 1 heterocycles. The molecular formula is C24H23NS. The third-order valence-corrected chi connectivity index (χ3v) is 5.80. The highest BCUT2D eigenvalue weighted by Crippen LogP contribution is 2.44. The quantitative estimate of drug-likeness (QED) is 0.416. The van der Waals surface area contributed by atoms with Gasteiger partial charge in [-0.2, -0.15) is 0 Å². The molecule has 0 atom stereocenters. The van der Waals surface area contributed by atoms with Crippen molar-refractivity contribution in [2.75, 3.05) is 5.32 Å². The zero-order valence-corrected chi connectivity index (χ0v) is 16.1. The predicted octanol–water partition coefficient (Wildman–Crippen LogP) is 7.15. The minimum atomic E-state index is 0.677. The van der Waals surface area contributed by atoms with Crippen LogP contribution < -0.4 is 5.32 Å². The maximum absolute atomic E-state index is 4.34. The summed E-state index contributed by atoms with van der Waals surface area (Å²) in [5, 5.41) is 3.56. The number of anilines is 2. The van der Waals surface area contributed by atoms with Gasteiger partial charge >= 0.3 is 0 Å².